The van der Waals surface area contributed by atoms with Gasteiger partial charge in [0.2, 0.25) is 0 Å². The maximum absolute atomic E-state index is 13.7. The van der Waals surface area contributed by atoms with Crippen LogP contribution < -0.4 is 29.1 Å². The summed E-state index contributed by atoms with van der Waals surface area (Å²) in [4.78, 5) is 54.3. The Morgan fingerprint density at radius 3 is 2.33 bits per heavy atom. The van der Waals surface area contributed by atoms with Crippen LogP contribution in [0.2, 0.25) is 0 Å². The Bertz CT molecular complexity index is 1660. The predicted octanol–water partition coefficient (Wildman–Crippen LogP) is 2.66. The van der Waals surface area contributed by atoms with Crippen molar-refractivity contribution in [1.29, 1.82) is 0 Å². The molecule has 0 N–H and O–H groups in total. The molecule has 10 nitrogen and oxygen atoms in total. The summed E-state index contributed by atoms with van der Waals surface area (Å²) in [5, 5.41) is 0. The van der Waals surface area contributed by atoms with Gasteiger partial charge in [-0.15, -0.1) is 0 Å². The van der Waals surface area contributed by atoms with Crippen molar-refractivity contribution in [3.63, 3.8) is 0 Å². The van der Waals surface area contributed by atoms with E-state index in [1.165, 1.54) is 36.9 Å². The van der Waals surface area contributed by atoms with Crippen LogP contribution in [-0.4, -0.2) is 36.2 Å². The molecule has 1 aromatic heterocycles. The van der Waals surface area contributed by atoms with Gasteiger partial charge >= 0.3 is 17.9 Å². The SMILES string of the molecule is CCOc1cc(C=c2sc3n(c2=O)C(c2ccc(OC(C)=O)cc2)C(C(=O)OC)=C(C)N=3)ccc1OC(C)=O. The van der Waals surface area contributed by atoms with Gasteiger partial charge in [0.05, 0.1) is 35.6 Å². The first kappa shape index (κ1) is 27.5. The molecule has 1 aliphatic heterocycles. The Morgan fingerprint density at radius 1 is 1.03 bits per heavy atom. The molecule has 0 radical (unpaired) electrons. The summed E-state index contributed by atoms with van der Waals surface area (Å²) in [5.74, 6) is -0.574. The number of hydrogen-bond donors (Lipinski definition) is 0. The summed E-state index contributed by atoms with van der Waals surface area (Å²) in [5.41, 5.74) is 1.54. The number of nitrogens with zero attached hydrogens (tertiary/aromatic N) is 2. The van der Waals surface area contributed by atoms with Gasteiger partial charge in [0.25, 0.3) is 5.56 Å². The molecule has 2 heterocycles. The Morgan fingerprint density at radius 2 is 1.72 bits per heavy atom. The van der Waals surface area contributed by atoms with Crippen molar-refractivity contribution in [3.05, 3.63) is 84.5 Å². The second-order valence-corrected chi connectivity index (χ2v) is 9.48. The van der Waals surface area contributed by atoms with E-state index in [0.29, 0.717) is 44.3 Å². The van der Waals surface area contributed by atoms with Crippen LogP contribution in [0.4, 0.5) is 0 Å². The lowest BCUT2D eigenvalue weighted by Crippen LogP contribution is -2.39. The topological polar surface area (TPSA) is 122 Å². The number of aromatic nitrogens is 1. The van der Waals surface area contributed by atoms with Crippen molar-refractivity contribution in [1.82, 2.24) is 4.57 Å². The van der Waals surface area contributed by atoms with Crippen molar-refractivity contribution in [2.75, 3.05) is 13.7 Å². The quantitative estimate of drug-likeness (QED) is 0.325. The highest BCUT2D eigenvalue weighted by Gasteiger charge is 2.33. The van der Waals surface area contributed by atoms with Crippen LogP contribution in [-0.2, 0) is 19.1 Å². The Labute approximate surface area is 227 Å². The molecular formula is C28H26N2O8S. The second kappa shape index (κ2) is 11.5. The Hall–Kier alpha value is -4.51. The van der Waals surface area contributed by atoms with E-state index < -0.39 is 23.9 Å². The summed E-state index contributed by atoms with van der Waals surface area (Å²) in [6.07, 6.45) is 1.68. The van der Waals surface area contributed by atoms with Gasteiger partial charge in [-0.2, -0.15) is 0 Å². The summed E-state index contributed by atoms with van der Waals surface area (Å²) in [6.45, 7) is 6.45. The highest BCUT2D eigenvalue weighted by atomic mass is 32.1. The smallest absolute Gasteiger partial charge is 0.338 e. The third-order valence-electron chi connectivity index (χ3n) is 5.70. The van der Waals surface area contributed by atoms with Crippen LogP contribution in [0.1, 0.15) is 44.9 Å². The van der Waals surface area contributed by atoms with Gasteiger partial charge in [-0.3, -0.25) is 19.0 Å². The Kier molecular flexibility index (Phi) is 8.10. The minimum atomic E-state index is -0.812. The summed E-state index contributed by atoms with van der Waals surface area (Å²) >= 11 is 1.17. The predicted molar refractivity (Wildman–Crippen MR) is 142 cm³/mol. The van der Waals surface area contributed by atoms with E-state index in [4.69, 9.17) is 18.9 Å². The van der Waals surface area contributed by atoms with Crippen LogP contribution in [0, 0.1) is 0 Å². The van der Waals surface area contributed by atoms with E-state index in [-0.39, 0.29) is 16.9 Å². The number of benzene rings is 2. The highest BCUT2D eigenvalue weighted by molar-refractivity contribution is 7.07. The first-order valence-electron chi connectivity index (χ1n) is 12.0. The summed E-state index contributed by atoms with van der Waals surface area (Å²) in [6, 6.07) is 10.7. The maximum Gasteiger partial charge on any atom is 0.338 e. The lowest BCUT2D eigenvalue weighted by Gasteiger charge is -2.24. The summed E-state index contributed by atoms with van der Waals surface area (Å²) in [7, 11) is 1.27. The number of rotatable bonds is 7. The number of allylic oxidation sites excluding steroid dienone is 1. The van der Waals surface area contributed by atoms with Gasteiger partial charge in [0.15, 0.2) is 16.3 Å². The standard InChI is InChI=1S/C28H26N2O8S/c1-6-36-22-13-18(7-12-21(22)38-17(4)32)14-23-26(33)30-25(19-8-10-20(11-9-19)37-16(3)31)24(27(34)35-5)15(2)29-28(30)39-23/h7-14,25H,6H2,1-5H3. The van der Waals surface area contributed by atoms with E-state index in [9.17, 15) is 19.2 Å². The van der Waals surface area contributed by atoms with Gasteiger partial charge in [-0.05, 0) is 55.3 Å². The van der Waals surface area contributed by atoms with Crippen LogP contribution in [0.25, 0.3) is 6.08 Å². The molecule has 0 fully saturated rings. The number of ether oxygens (including phenoxy) is 4. The number of hydrogen-bond acceptors (Lipinski definition) is 10. The number of esters is 3. The number of carbonyl (C=O) groups is 3. The Balaban J connectivity index is 1.86. The van der Waals surface area contributed by atoms with E-state index in [2.05, 4.69) is 4.99 Å². The monoisotopic (exact) mass is 550 g/mol. The van der Waals surface area contributed by atoms with E-state index in [1.54, 1.807) is 55.5 Å². The molecule has 1 atom stereocenters. The molecule has 0 bridgehead atoms. The van der Waals surface area contributed by atoms with Crippen LogP contribution in [0.15, 0.2) is 63.5 Å². The van der Waals surface area contributed by atoms with E-state index in [1.807, 2.05) is 6.92 Å². The molecule has 0 saturated heterocycles. The van der Waals surface area contributed by atoms with Crippen LogP contribution in [0.3, 0.4) is 0 Å². The summed E-state index contributed by atoms with van der Waals surface area (Å²) < 4.78 is 22.8. The maximum atomic E-state index is 13.7. The first-order chi connectivity index (χ1) is 18.6. The number of thiazole rings is 1. The van der Waals surface area contributed by atoms with Crippen molar-refractivity contribution in [2.24, 2.45) is 4.99 Å². The molecule has 202 valence electrons. The second-order valence-electron chi connectivity index (χ2n) is 8.47. The van der Waals surface area contributed by atoms with Crippen molar-refractivity contribution < 1.29 is 33.3 Å². The fourth-order valence-corrected chi connectivity index (χ4v) is 5.21. The molecule has 0 spiro atoms. The first-order valence-corrected chi connectivity index (χ1v) is 12.8. The highest BCUT2D eigenvalue weighted by Crippen LogP contribution is 2.32. The molecule has 2 aromatic carbocycles. The van der Waals surface area contributed by atoms with Crippen LogP contribution in [0.5, 0.6) is 17.2 Å². The molecule has 3 aromatic rings. The van der Waals surface area contributed by atoms with Crippen LogP contribution >= 0.6 is 11.3 Å². The molecule has 11 heteroatoms. The molecule has 0 saturated carbocycles. The molecule has 1 unspecified atom stereocenters. The van der Waals surface area contributed by atoms with Gasteiger partial charge in [-0.1, -0.05) is 29.5 Å². The van der Waals surface area contributed by atoms with Gasteiger partial charge in [0, 0.05) is 13.8 Å². The zero-order valence-electron chi connectivity index (χ0n) is 22.0. The van der Waals surface area contributed by atoms with Gasteiger partial charge in [0.1, 0.15) is 5.75 Å². The molecule has 39 heavy (non-hydrogen) atoms. The fraction of sp³-hybridized carbons (Fsp3) is 0.250. The van der Waals surface area contributed by atoms with Crippen molar-refractivity contribution in [3.8, 4) is 17.2 Å². The van der Waals surface area contributed by atoms with Gasteiger partial charge < -0.3 is 18.9 Å². The largest absolute Gasteiger partial charge is 0.490 e. The normalized spacial score (nSPS) is 14.8. The van der Waals surface area contributed by atoms with E-state index in [0.717, 1.165) is 0 Å². The molecular weight excluding hydrogens is 524 g/mol. The number of carbonyl (C=O) groups excluding carboxylic acids is 3. The third kappa shape index (κ3) is 5.83. The number of fused-ring (bicyclic) bond motifs is 1. The fourth-order valence-electron chi connectivity index (χ4n) is 4.17. The zero-order valence-corrected chi connectivity index (χ0v) is 22.8. The average molecular weight is 551 g/mol. The molecule has 1 aliphatic rings. The third-order valence-corrected chi connectivity index (χ3v) is 6.69. The molecule has 0 amide bonds. The van der Waals surface area contributed by atoms with E-state index >= 15 is 0 Å². The zero-order chi connectivity index (χ0) is 28.3. The minimum absolute atomic E-state index is 0.223. The average Bonchev–Trinajstić information content (AvgIpc) is 3.18. The lowest BCUT2D eigenvalue weighted by molar-refractivity contribution is -0.136. The molecule has 0 aliphatic carbocycles. The number of methoxy groups -OCH3 is 1. The van der Waals surface area contributed by atoms with Crippen molar-refractivity contribution in [2.45, 2.75) is 33.7 Å². The molecule has 4 rings (SSSR count). The minimum Gasteiger partial charge on any atom is -0.490 e. The van der Waals surface area contributed by atoms with Gasteiger partial charge in [-0.25, -0.2) is 9.79 Å². The lowest BCUT2D eigenvalue weighted by atomic mass is 9.96. The van der Waals surface area contributed by atoms with Crippen molar-refractivity contribution >= 4 is 35.3 Å².